The maximum Gasteiger partial charge on any atom is 0.252 e. The van der Waals surface area contributed by atoms with Gasteiger partial charge in [-0.1, -0.05) is 13.8 Å². The molecule has 102 valence electrons. The molecule has 0 aliphatic carbocycles. The highest BCUT2D eigenvalue weighted by Gasteiger charge is 2.04. The second-order valence-electron chi connectivity index (χ2n) is 4.16. The van der Waals surface area contributed by atoms with Crippen LogP contribution in [-0.4, -0.2) is 43.0 Å². The van der Waals surface area contributed by atoms with E-state index in [1.165, 1.54) is 0 Å². The Morgan fingerprint density at radius 1 is 1.33 bits per heavy atom. The van der Waals surface area contributed by atoms with Crippen molar-refractivity contribution in [1.29, 1.82) is 0 Å². The van der Waals surface area contributed by atoms with E-state index in [0.29, 0.717) is 12.1 Å². The molecule has 0 aliphatic heterocycles. The van der Waals surface area contributed by atoms with Gasteiger partial charge in [-0.25, -0.2) is 0 Å². The molecular formula is C14H25N3O. The van der Waals surface area contributed by atoms with Crippen molar-refractivity contribution in [2.24, 2.45) is 0 Å². The molecule has 4 nitrogen and oxygen atoms in total. The van der Waals surface area contributed by atoms with Crippen LogP contribution in [0.5, 0.6) is 0 Å². The number of carbonyl (C=O) groups is 1. The number of hydrogen-bond donors (Lipinski definition) is 1. The minimum atomic E-state index is -0.0463. The van der Waals surface area contributed by atoms with E-state index in [1.807, 2.05) is 40.9 Å². The first kappa shape index (κ1) is 16.6. The monoisotopic (exact) mass is 251 g/mol. The predicted molar refractivity (Wildman–Crippen MR) is 75.8 cm³/mol. The SMILES string of the molecule is CC.Cc1cncc(C(=O)NCCCN(C)C)c1. The molecule has 1 heterocycles. The molecule has 1 amide bonds. The molecule has 0 atom stereocenters. The lowest BCUT2D eigenvalue weighted by molar-refractivity contribution is 0.0952. The van der Waals surface area contributed by atoms with Crippen LogP contribution in [0.1, 0.15) is 36.2 Å². The van der Waals surface area contributed by atoms with Gasteiger partial charge in [0.15, 0.2) is 0 Å². The standard InChI is InChI=1S/C12H19N3O.C2H6/c1-10-7-11(9-13-8-10)12(16)14-5-4-6-15(2)3;1-2/h7-9H,4-6H2,1-3H3,(H,14,16);1-2H3. The van der Waals surface area contributed by atoms with Crippen molar-refractivity contribution in [2.75, 3.05) is 27.2 Å². The molecule has 1 rings (SSSR count). The fraction of sp³-hybridized carbons (Fsp3) is 0.571. The fourth-order valence-electron chi connectivity index (χ4n) is 1.38. The van der Waals surface area contributed by atoms with E-state index in [9.17, 15) is 4.79 Å². The van der Waals surface area contributed by atoms with Crippen molar-refractivity contribution < 1.29 is 4.79 Å². The topological polar surface area (TPSA) is 45.2 Å². The van der Waals surface area contributed by atoms with E-state index in [0.717, 1.165) is 18.5 Å². The highest BCUT2D eigenvalue weighted by Crippen LogP contribution is 2.00. The first-order chi connectivity index (χ1) is 8.59. The lowest BCUT2D eigenvalue weighted by Crippen LogP contribution is -2.27. The number of pyridine rings is 1. The number of nitrogens with one attached hydrogen (secondary N) is 1. The van der Waals surface area contributed by atoms with Crippen LogP contribution in [0.4, 0.5) is 0 Å². The zero-order chi connectivity index (χ0) is 14.0. The van der Waals surface area contributed by atoms with E-state index in [1.54, 1.807) is 12.4 Å². The molecule has 0 unspecified atom stereocenters. The van der Waals surface area contributed by atoms with Gasteiger partial charge in [-0.2, -0.15) is 0 Å². The van der Waals surface area contributed by atoms with Crippen molar-refractivity contribution in [3.8, 4) is 0 Å². The number of aryl methyl sites for hydroxylation is 1. The summed E-state index contributed by atoms with van der Waals surface area (Å²) < 4.78 is 0. The van der Waals surface area contributed by atoms with E-state index >= 15 is 0 Å². The van der Waals surface area contributed by atoms with Gasteiger partial charge in [0.05, 0.1) is 5.56 Å². The van der Waals surface area contributed by atoms with Crippen LogP contribution in [-0.2, 0) is 0 Å². The van der Waals surface area contributed by atoms with Crippen molar-refractivity contribution in [3.05, 3.63) is 29.6 Å². The van der Waals surface area contributed by atoms with Crippen molar-refractivity contribution in [2.45, 2.75) is 27.2 Å². The summed E-state index contributed by atoms with van der Waals surface area (Å²) in [5.74, 6) is -0.0463. The Bertz CT molecular complexity index is 351. The van der Waals surface area contributed by atoms with E-state index in [-0.39, 0.29) is 5.91 Å². The third kappa shape index (κ3) is 7.01. The average Bonchev–Trinajstić information content (AvgIpc) is 2.36. The average molecular weight is 251 g/mol. The normalized spacial score (nSPS) is 9.67. The molecular weight excluding hydrogens is 226 g/mol. The molecule has 4 heteroatoms. The summed E-state index contributed by atoms with van der Waals surface area (Å²) in [5, 5.41) is 2.88. The lowest BCUT2D eigenvalue weighted by atomic mass is 10.2. The van der Waals surface area contributed by atoms with Crippen LogP contribution >= 0.6 is 0 Å². The van der Waals surface area contributed by atoms with Gasteiger partial charge in [-0.05, 0) is 45.6 Å². The third-order valence-electron chi connectivity index (χ3n) is 2.20. The number of nitrogens with zero attached hydrogens (tertiary/aromatic N) is 2. The number of hydrogen-bond acceptors (Lipinski definition) is 3. The maximum absolute atomic E-state index is 11.7. The van der Waals surface area contributed by atoms with Crippen LogP contribution < -0.4 is 5.32 Å². The summed E-state index contributed by atoms with van der Waals surface area (Å²) in [5.41, 5.74) is 1.63. The van der Waals surface area contributed by atoms with Gasteiger partial charge in [-0.3, -0.25) is 9.78 Å². The van der Waals surface area contributed by atoms with E-state index in [2.05, 4.69) is 15.2 Å². The van der Waals surface area contributed by atoms with Crippen molar-refractivity contribution in [3.63, 3.8) is 0 Å². The fourth-order valence-corrected chi connectivity index (χ4v) is 1.38. The quantitative estimate of drug-likeness (QED) is 0.815. The first-order valence-corrected chi connectivity index (χ1v) is 6.44. The first-order valence-electron chi connectivity index (χ1n) is 6.44. The molecule has 0 aliphatic rings. The third-order valence-corrected chi connectivity index (χ3v) is 2.20. The number of aromatic nitrogens is 1. The van der Waals surface area contributed by atoms with Gasteiger partial charge in [0.1, 0.15) is 0 Å². The Hall–Kier alpha value is -1.42. The molecule has 0 fully saturated rings. The summed E-state index contributed by atoms with van der Waals surface area (Å²) in [6, 6.07) is 1.84. The zero-order valence-corrected chi connectivity index (χ0v) is 12.2. The Labute approximate surface area is 110 Å². The number of carbonyl (C=O) groups excluding carboxylic acids is 1. The van der Waals surface area contributed by atoms with Gasteiger partial charge in [-0.15, -0.1) is 0 Å². The molecule has 0 saturated carbocycles. The summed E-state index contributed by atoms with van der Waals surface area (Å²) >= 11 is 0. The van der Waals surface area contributed by atoms with Crippen LogP contribution in [0.3, 0.4) is 0 Å². The zero-order valence-electron chi connectivity index (χ0n) is 12.2. The molecule has 1 aromatic rings. The lowest BCUT2D eigenvalue weighted by Gasteiger charge is -2.09. The summed E-state index contributed by atoms with van der Waals surface area (Å²) in [6.07, 6.45) is 4.29. The van der Waals surface area contributed by atoms with Crippen LogP contribution in [0.15, 0.2) is 18.5 Å². The van der Waals surface area contributed by atoms with Crippen LogP contribution in [0, 0.1) is 6.92 Å². The van der Waals surface area contributed by atoms with Gasteiger partial charge in [0, 0.05) is 18.9 Å². The predicted octanol–water partition coefficient (Wildman–Crippen LogP) is 2.10. The largest absolute Gasteiger partial charge is 0.352 e. The van der Waals surface area contributed by atoms with E-state index in [4.69, 9.17) is 0 Å². The van der Waals surface area contributed by atoms with Gasteiger partial charge >= 0.3 is 0 Å². The molecule has 18 heavy (non-hydrogen) atoms. The summed E-state index contributed by atoms with van der Waals surface area (Å²) in [6.45, 7) is 7.60. The van der Waals surface area contributed by atoms with Gasteiger partial charge < -0.3 is 10.2 Å². The Kier molecular flexibility index (Phi) is 8.84. The number of amides is 1. The minimum Gasteiger partial charge on any atom is -0.352 e. The molecule has 0 aromatic carbocycles. The highest BCUT2D eigenvalue weighted by atomic mass is 16.1. The molecule has 0 spiro atoms. The smallest absolute Gasteiger partial charge is 0.252 e. The molecule has 1 N–H and O–H groups in total. The van der Waals surface area contributed by atoms with E-state index < -0.39 is 0 Å². The molecule has 0 radical (unpaired) electrons. The minimum absolute atomic E-state index is 0.0463. The maximum atomic E-state index is 11.7. The second kappa shape index (κ2) is 9.59. The Morgan fingerprint density at radius 3 is 2.56 bits per heavy atom. The molecule has 1 aromatic heterocycles. The van der Waals surface area contributed by atoms with Crippen LogP contribution in [0.2, 0.25) is 0 Å². The van der Waals surface area contributed by atoms with Crippen LogP contribution in [0.25, 0.3) is 0 Å². The summed E-state index contributed by atoms with van der Waals surface area (Å²) in [4.78, 5) is 17.8. The molecule has 0 saturated heterocycles. The molecule has 0 bridgehead atoms. The highest BCUT2D eigenvalue weighted by molar-refractivity contribution is 5.93. The Morgan fingerprint density at radius 2 is 2.00 bits per heavy atom. The number of rotatable bonds is 5. The van der Waals surface area contributed by atoms with Gasteiger partial charge in [0.2, 0.25) is 0 Å². The van der Waals surface area contributed by atoms with Gasteiger partial charge in [0.25, 0.3) is 5.91 Å². The van der Waals surface area contributed by atoms with Crippen molar-refractivity contribution in [1.82, 2.24) is 15.2 Å². The second-order valence-corrected chi connectivity index (χ2v) is 4.16. The summed E-state index contributed by atoms with van der Waals surface area (Å²) in [7, 11) is 4.04. The van der Waals surface area contributed by atoms with Crippen molar-refractivity contribution >= 4 is 5.91 Å². The Balaban J connectivity index is 0.00000137.